The van der Waals surface area contributed by atoms with Gasteiger partial charge in [0.15, 0.2) is 5.82 Å². The van der Waals surface area contributed by atoms with Crippen molar-refractivity contribution in [2.75, 3.05) is 20.3 Å². The third kappa shape index (κ3) is 4.02. The topological polar surface area (TPSA) is 109 Å². The predicted molar refractivity (Wildman–Crippen MR) is 63.2 cm³/mol. The highest BCUT2D eigenvalue weighted by Gasteiger charge is 2.20. The molecule has 2 N–H and O–H groups in total. The van der Waals surface area contributed by atoms with Crippen molar-refractivity contribution in [2.24, 2.45) is 5.14 Å². The summed E-state index contributed by atoms with van der Waals surface area (Å²) in [5.74, 6) is 0.421. The minimum atomic E-state index is -3.90. The molecule has 0 aliphatic carbocycles. The van der Waals surface area contributed by atoms with Gasteiger partial charge in [0.25, 0.3) is 15.2 Å². The lowest BCUT2D eigenvalue weighted by Crippen LogP contribution is -2.21. The number of hydrogen-bond acceptors (Lipinski definition) is 6. The summed E-state index contributed by atoms with van der Waals surface area (Å²) >= 11 is 0. The van der Waals surface area contributed by atoms with Gasteiger partial charge in [-0.1, -0.05) is 6.92 Å². The maximum Gasteiger partial charge on any atom is 0.273 e. The van der Waals surface area contributed by atoms with E-state index < -0.39 is 10.0 Å². The molecule has 8 nitrogen and oxygen atoms in total. The first kappa shape index (κ1) is 15.0. The Hall–Kier alpha value is -1.03. The summed E-state index contributed by atoms with van der Waals surface area (Å²) in [6.45, 7) is 3.38. The molecule has 0 radical (unpaired) electrons. The van der Waals surface area contributed by atoms with E-state index >= 15 is 0 Å². The van der Waals surface area contributed by atoms with Crippen LogP contribution in [0.15, 0.2) is 5.16 Å². The van der Waals surface area contributed by atoms with Crippen LogP contribution in [0, 0.1) is 0 Å². The van der Waals surface area contributed by atoms with E-state index in [-0.39, 0.29) is 11.8 Å². The molecule has 0 aliphatic heterocycles. The number of methoxy groups -OCH3 is 1. The number of nitrogens with two attached hydrogens (primary N) is 1. The molecule has 1 heterocycles. The van der Waals surface area contributed by atoms with Crippen LogP contribution in [0.2, 0.25) is 0 Å². The molecule has 0 amide bonds. The van der Waals surface area contributed by atoms with Crippen LogP contribution in [-0.4, -0.2) is 43.5 Å². The van der Waals surface area contributed by atoms with E-state index in [1.807, 2.05) is 6.92 Å². The average Bonchev–Trinajstić information content (AvgIpc) is 2.69. The van der Waals surface area contributed by atoms with E-state index in [2.05, 4.69) is 10.2 Å². The number of primary sulfonamides is 1. The fraction of sp³-hybridized carbons (Fsp3) is 0.778. The molecule has 0 aromatic carbocycles. The van der Waals surface area contributed by atoms with E-state index in [4.69, 9.17) is 14.6 Å². The number of sulfonamides is 1. The Balaban J connectivity index is 2.92. The SMILES string of the molecule is CCCOCc1nnc(S(N)(=O)=O)n1CCOC. The van der Waals surface area contributed by atoms with Gasteiger partial charge in [0.05, 0.1) is 13.2 Å². The number of rotatable bonds is 8. The quantitative estimate of drug-likeness (QED) is 0.642. The van der Waals surface area contributed by atoms with Crippen molar-refractivity contribution in [3.63, 3.8) is 0 Å². The second-order valence-electron chi connectivity index (χ2n) is 3.64. The Morgan fingerprint density at radius 1 is 1.33 bits per heavy atom. The second kappa shape index (κ2) is 6.78. The largest absolute Gasteiger partial charge is 0.383 e. The molecule has 1 aromatic rings. The maximum absolute atomic E-state index is 11.3. The summed E-state index contributed by atoms with van der Waals surface area (Å²) in [5, 5.41) is 12.2. The van der Waals surface area contributed by atoms with Crippen LogP contribution in [-0.2, 0) is 32.6 Å². The number of nitrogens with zero attached hydrogens (tertiary/aromatic N) is 3. The van der Waals surface area contributed by atoms with Crippen molar-refractivity contribution >= 4 is 10.0 Å². The van der Waals surface area contributed by atoms with Gasteiger partial charge < -0.3 is 9.47 Å². The van der Waals surface area contributed by atoms with Crippen molar-refractivity contribution in [2.45, 2.75) is 31.7 Å². The summed E-state index contributed by atoms with van der Waals surface area (Å²) in [5.41, 5.74) is 0. The van der Waals surface area contributed by atoms with Crippen LogP contribution in [0.5, 0.6) is 0 Å². The molecular weight excluding hydrogens is 260 g/mol. The Kier molecular flexibility index (Phi) is 5.66. The Bertz CT molecular complexity index is 471. The van der Waals surface area contributed by atoms with Crippen LogP contribution in [0.25, 0.3) is 0 Å². The molecule has 0 saturated carbocycles. The molecule has 104 valence electrons. The number of ether oxygens (including phenoxy) is 2. The standard InChI is InChI=1S/C9H18N4O4S/c1-3-5-17-7-8-11-12-9(18(10,14)15)13(8)4-6-16-2/h3-7H2,1-2H3,(H2,10,14,15). The third-order valence-corrected chi connectivity index (χ3v) is 2.96. The predicted octanol–water partition coefficient (Wildman–Crippen LogP) is -0.501. The van der Waals surface area contributed by atoms with Crippen LogP contribution in [0.3, 0.4) is 0 Å². The van der Waals surface area contributed by atoms with E-state index in [9.17, 15) is 8.42 Å². The fourth-order valence-electron chi connectivity index (χ4n) is 1.35. The van der Waals surface area contributed by atoms with E-state index in [1.165, 1.54) is 11.7 Å². The van der Waals surface area contributed by atoms with Crippen molar-refractivity contribution in [1.82, 2.24) is 14.8 Å². The van der Waals surface area contributed by atoms with Gasteiger partial charge in [-0.2, -0.15) is 0 Å². The molecule has 18 heavy (non-hydrogen) atoms. The van der Waals surface area contributed by atoms with Gasteiger partial charge in [-0.25, -0.2) is 13.6 Å². The first-order chi connectivity index (χ1) is 8.50. The Morgan fingerprint density at radius 3 is 2.61 bits per heavy atom. The number of hydrogen-bond donors (Lipinski definition) is 1. The molecule has 0 spiro atoms. The highest BCUT2D eigenvalue weighted by atomic mass is 32.2. The third-order valence-electron chi connectivity index (χ3n) is 2.15. The maximum atomic E-state index is 11.3. The zero-order valence-corrected chi connectivity index (χ0v) is 11.3. The molecule has 0 aliphatic rings. The van der Waals surface area contributed by atoms with Gasteiger partial charge in [0, 0.05) is 13.7 Å². The summed E-state index contributed by atoms with van der Waals surface area (Å²) in [7, 11) is -2.37. The second-order valence-corrected chi connectivity index (χ2v) is 5.10. The van der Waals surface area contributed by atoms with Crippen molar-refractivity contribution in [3.05, 3.63) is 5.82 Å². The lowest BCUT2D eigenvalue weighted by atomic mass is 10.5. The summed E-state index contributed by atoms with van der Waals surface area (Å²) < 4.78 is 34.3. The first-order valence-electron chi connectivity index (χ1n) is 5.52. The molecule has 9 heteroatoms. The lowest BCUT2D eigenvalue weighted by molar-refractivity contribution is 0.110. The van der Waals surface area contributed by atoms with Gasteiger partial charge in [-0.05, 0) is 6.42 Å². The fourth-order valence-corrected chi connectivity index (χ4v) is 2.01. The minimum absolute atomic E-state index is 0.195. The van der Waals surface area contributed by atoms with Gasteiger partial charge >= 0.3 is 0 Å². The Labute approximate surface area is 106 Å². The molecule has 0 atom stereocenters. The van der Waals surface area contributed by atoms with E-state index in [0.29, 0.717) is 25.6 Å². The van der Waals surface area contributed by atoms with Gasteiger partial charge in [-0.3, -0.25) is 4.57 Å². The van der Waals surface area contributed by atoms with Crippen LogP contribution >= 0.6 is 0 Å². The summed E-state index contributed by atoms with van der Waals surface area (Å²) in [6, 6.07) is 0. The molecule has 0 fully saturated rings. The molecule has 0 unspecified atom stereocenters. The molecular formula is C9H18N4O4S. The van der Waals surface area contributed by atoms with Gasteiger partial charge in [0.1, 0.15) is 6.61 Å². The molecule has 0 saturated heterocycles. The zero-order chi connectivity index (χ0) is 13.6. The average molecular weight is 278 g/mol. The smallest absolute Gasteiger partial charge is 0.273 e. The van der Waals surface area contributed by atoms with Crippen LogP contribution < -0.4 is 5.14 Å². The Morgan fingerprint density at radius 2 is 2.06 bits per heavy atom. The highest BCUT2D eigenvalue weighted by molar-refractivity contribution is 7.89. The van der Waals surface area contributed by atoms with Crippen molar-refractivity contribution < 1.29 is 17.9 Å². The highest BCUT2D eigenvalue weighted by Crippen LogP contribution is 2.08. The van der Waals surface area contributed by atoms with Crippen LogP contribution in [0.1, 0.15) is 19.2 Å². The van der Waals surface area contributed by atoms with Gasteiger partial charge in [-0.15, -0.1) is 10.2 Å². The molecule has 1 rings (SSSR count). The first-order valence-corrected chi connectivity index (χ1v) is 7.07. The van der Waals surface area contributed by atoms with Crippen LogP contribution in [0.4, 0.5) is 0 Å². The lowest BCUT2D eigenvalue weighted by Gasteiger charge is -2.08. The number of aromatic nitrogens is 3. The van der Waals surface area contributed by atoms with Crippen molar-refractivity contribution in [3.8, 4) is 0 Å². The minimum Gasteiger partial charge on any atom is -0.383 e. The normalized spacial score (nSPS) is 11.9. The van der Waals surface area contributed by atoms with Gasteiger partial charge in [0.2, 0.25) is 0 Å². The van der Waals surface area contributed by atoms with E-state index in [0.717, 1.165) is 6.42 Å². The molecule has 1 aromatic heterocycles. The summed E-state index contributed by atoms with van der Waals surface area (Å²) in [6.07, 6.45) is 0.869. The zero-order valence-electron chi connectivity index (χ0n) is 10.5. The van der Waals surface area contributed by atoms with E-state index in [1.54, 1.807) is 0 Å². The monoisotopic (exact) mass is 278 g/mol. The summed E-state index contributed by atoms with van der Waals surface area (Å²) in [4.78, 5) is 0. The molecule has 0 bridgehead atoms. The van der Waals surface area contributed by atoms with Crippen molar-refractivity contribution in [1.29, 1.82) is 0 Å².